The summed E-state index contributed by atoms with van der Waals surface area (Å²) in [6.45, 7) is 0. The van der Waals surface area contributed by atoms with Gasteiger partial charge in [-0.1, -0.05) is 24.3 Å². The molecule has 0 bridgehead atoms. The van der Waals surface area contributed by atoms with Gasteiger partial charge < -0.3 is 0 Å². The summed E-state index contributed by atoms with van der Waals surface area (Å²) in [5.41, 5.74) is 1.05. The van der Waals surface area contributed by atoms with E-state index in [2.05, 4.69) is 12.3 Å². The highest BCUT2D eigenvalue weighted by Gasteiger charge is 1.87. The van der Waals surface area contributed by atoms with Crippen molar-refractivity contribution < 1.29 is 4.39 Å². The van der Waals surface area contributed by atoms with Gasteiger partial charge >= 0.3 is 0 Å². The largest absolute Gasteiger partial charge is 0.207 e. The monoisotopic (exact) mass is 182 g/mol. The van der Waals surface area contributed by atoms with Crippen LogP contribution in [0.4, 0.5) is 4.39 Å². The lowest BCUT2D eigenvalue weighted by atomic mass is 10.2. The van der Waals surface area contributed by atoms with Crippen LogP contribution in [0.1, 0.15) is 5.56 Å². The van der Waals surface area contributed by atoms with Gasteiger partial charge in [-0.2, -0.15) is 11.8 Å². The topological polar surface area (TPSA) is 0 Å². The molecule has 0 radical (unpaired) electrons. The molecule has 0 heterocycles. The molecular formula is C10H11FS. The van der Waals surface area contributed by atoms with Crippen LogP contribution in [-0.4, -0.2) is 12.0 Å². The fourth-order valence-electron chi connectivity index (χ4n) is 0.854. The minimum atomic E-state index is -0.183. The molecule has 0 aliphatic heterocycles. The van der Waals surface area contributed by atoms with E-state index in [1.807, 2.05) is 6.08 Å². The van der Waals surface area contributed by atoms with E-state index in [1.54, 1.807) is 23.9 Å². The van der Waals surface area contributed by atoms with Crippen LogP contribution in [0.3, 0.4) is 0 Å². The van der Waals surface area contributed by atoms with Crippen LogP contribution < -0.4 is 0 Å². The Morgan fingerprint density at radius 1 is 1.33 bits per heavy atom. The Kier molecular flexibility index (Phi) is 3.88. The molecule has 0 atom stereocenters. The van der Waals surface area contributed by atoms with Gasteiger partial charge in [0.25, 0.3) is 0 Å². The first-order valence-electron chi connectivity index (χ1n) is 3.74. The zero-order valence-corrected chi connectivity index (χ0v) is 7.77. The summed E-state index contributed by atoms with van der Waals surface area (Å²) < 4.78 is 12.4. The fourth-order valence-corrected chi connectivity index (χ4v) is 1.14. The Bertz CT molecular complexity index is 251. The highest BCUT2D eigenvalue weighted by Crippen LogP contribution is 2.05. The lowest BCUT2D eigenvalue weighted by Gasteiger charge is -1.91. The SMILES string of the molecule is CSC/C=C/c1ccc(F)cc1. The summed E-state index contributed by atoms with van der Waals surface area (Å²) in [6.07, 6.45) is 6.11. The summed E-state index contributed by atoms with van der Waals surface area (Å²) in [6, 6.07) is 6.48. The maximum atomic E-state index is 12.4. The predicted octanol–water partition coefficient (Wildman–Crippen LogP) is 3.20. The number of hydrogen-bond donors (Lipinski definition) is 0. The quantitative estimate of drug-likeness (QED) is 0.691. The van der Waals surface area contributed by atoms with Crippen LogP contribution >= 0.6 is 11.8 Å². The Balaban J connectivity index is 2.58. The van der Waals surface area contributed by atoms with E-state index < -0.39 is 0 Å². The number of hydrogen-bond acceptors (Lipinski definition) is 1. The molecule has 0 N–H and O–H groups in total. The van der Waals surface area contributed by atoms with Gasteiger partial charge in [0.15, 0.2) is 0 Å². The van der Waals surface area contributed by atoms with Crippen LogP contribution in [0.25, 0.3) is 6.08 Å². The highest BCUT2D eigenvalue weighted by molar-refractivity contribution is 7.98. The molecule has 1 rings (SSSR count). The normalized spacial score (nSPS) is 10.8. The van der Waals surface area contributed by atoms with Crippen molar-refractivity contribution in [1.82, 2.24) is 0 Å². The average Bonchev–Trinajstić information content (AvgIpc) is 2.09. The van der Waals surface area contributed by atoms with Crippen molar-refractivity contribution in [3.63, 3.8) is 0 Å². The molecule has 0 unspecified atom stereocenters. The summed E-state index contributed by atoms with van der Waals surface area (Å²) in [7, 11) is 0. The van der Waals surface area contributed by atoms with E-state index in [9.17, 15) is 4.39 Å². The number of benzene rings is 1. The van der Waals surface area contributed by atoms with Crippen LogP contribution in [0.5, 0.6) is 0 Å². The molecule has 2 heteroatoms. The third kappa shape index (κ3) is 3.09. The molecule has 64 valence electrons. The molecule has 0 nitrogen and oxygen atoms in total. The van der Waals surface area contributed by atoms with Gasteiger partial charge in [0, 0.05) is 5.75 Å². The molecular weight excluding hydrogens is 171 g/mol. The molecule has 0 amide bonds. The summed E-state index contributed by atoms with van der Waals surface area (Å²) in [4.78, 5) is 0. The smallest absolute Gasteiger partial charge is 0.123 e. The van der Waals surface area contributed by atoms with Crippen molar-refractivity contribution in [2.45, 2.75) is 0 Å². The molecule has 0 fully saturated rings. The Morgan fingerprint density at radius 3 is 2.58 bits per heavy atom. The molecule has 1 aromatic rings. The number of thioether (sulfide) groups is 1. The molecule has 1 aromatic carbocycles. The van der Waals surface area contributed by atoms with Gasteiger partial charge in [-0.3, -0.25) is 0 Å². The first-order chi connectivity index (χ1) is 5.83. The predicted molar refractivity (Wildman–Crippen MR) is 53.8 cm³/mol. The first kappa shape index (κ1) is 9.33. The lowest BCUT2D eigenvalue weighted by molar-refractivity contribution is 0.628. The standard InChI is InChI=1S/C10H11FS/c1-12-8-2-3-9-4-6-10(11)7-5-9/h2-7H,8H2,1H3/b3-2+. The zero-order chi connectivity index (χ0) is 8.81. The first-order valence-corrected chi connectivity index (χ1v) is 5.13. The molecule has 0 spiro atoms. The molecule has 12 heavy (non-hydrogen) atoms. The zero-order valence-electron chi connectivity index (χ0n) is 6.96. The van der Waals surface area contributed by atoms with Crippen molar-refractivity contribution in [3.05, 3.63) is 41.7 Å². The summed E-state index contributed by atoms with van der Waals surface area (Å²) in [5.74, 6) is 0.814. The van der Waals surface area contributed by atoms with E-state index in [4.69, 9.17) is 0 Å². The maximum Gasteiger partial charge on any atom is 0.123 e. The van der Waals surface area contributed by atoms with Crippen molar-refractivity contribution in [2.24, 2.45) is 0 Å². The van der Waals surface area contributed by atoms with Gasteiger partial charge in [0.1, 0.15) is 5.82 Å². The van der Waals surface area contributed by atoms with Crippen LogP contribution in [0.2, 0.25) is 0 Å². The third-order valence-electron chi connectivity index (χ3n) is 1.44. The van der Waals surface area contributed by atoms with Gasteiger partial charge in [0.2, 0.25) is 0 Å². The maximum absolute atomic E-state index is 12.4. The Morgan fingerprint density at radius 2 is 2.00 bits per heavy atom. The second-order valence-electron chi connectivity index (χ2n) is 2.41. The average molecular weight is 182 g/mol. The van der Waals surface area contributed by atoms with Crippen molar-refractivity contribution >= 4 is 17.8 Å². The molecule has 0 aliphatic carbocycles. The van der Waals surface area contributed by atoms with Crippen LogP contribution in [-0.2, 0) is 0 Å². The van der Waals surface area contributed by atoms with Crippen LogP contribution in [0, 0.1) is 5.82 Å². The van der Waals surface area contributed by atoms with Crippen molar-refractivity contribution in [2.75, 3.05) is 12.0 Å². The van der Waals surface area contributed by atoms with Crippen LogP contribution in [0.15, 0.2) is 30.3 Å². The fraction of sp³-hybridized carbons (Fsp3) is 0.200. The second kappa shape index (κ2) is 4.99. The summed E-state index contributed by atoms with van der Waals surface area (Å²) >= 11 is 1.76. The van der Waals surface area contributed by atoms with E-state index in [0.29, 0.717) is 0 Å². The lowest BCUT2D eigenvalue weighted by Crippen LogP contribution is -1.74. The summed E-state index contributed by atoms with van der Waals surface area (Å²) in [5, 5.41) is 0. The highest BCUT2D eigenvalue weighted by atomic mass is 32.2. The molecule has 0 aliphatic rings. The van der Waals surface area contributed by atoms with Crippen molar-refractivity contribution in [1.29, 1.82) is 0 Å². The molecule has 0 aromatic heterocycles. The second-order valence-corrected chi connectivity index (χ2v) is 3.32. The molecule has 0 saturated carbocycles. The Labute approximate surface area is 76.5 Å². The number of halogens is 1. The molecule has 0 saturated heterocycles. The van der Waals surface area contributed by atoms with E-state index in [0.717, 1.165) is 11.3 Å². The van der Waals surface area contributed by atoms with E-state index >= 15 is 0 Å². The van der Waals surface area contributed by atoms with Gasteiger partial charge in [0.05, 0.1) is 0 Å². The van der Waals surface area contributed by atoms with Gasteiger partial charge in [-0.25, -0.2) is 4.39 Å². The van der Waals surface area contributed by atoms with E-state index in [1.165, 1.54) is 12.1 Å². The Hall–Kier alpha value is -0.760. The van der Waals surface area contributed by atoms with E-state index in [-0.39, 0.29) is 5.82 Å². The van der Waals surface area contributed by atoms with Gasteiger partial charge in [-0.15, -0.1) is 0 Å². The van der Waals surface area contributed by atoms with Gasteiger partial charge in [-0.05, 0) is 24.0 Å². The third-order valence-corrected chi connectivity index (χ3v) is 1.97. The minimum Gasteiger partial charge on any atom is -0.207 e. The van der Waals surface area contributed by atoms with Crippen molar-refractivity contribution in [3.8, 4) is 0 Å². The minimum absolute atomic E-state index is 0.183. The number of rotatable bonds is 3.